The lowest BCUT2D eigenvalue weighted by atomic mass is 10.0. The second-order valence-corrected chi connectivity index (χ2v) is 6.15. The summed E-state index contributed by atoms with van der Waals surface area (Å²) in [6, 6.07) is 3.25. The number of nitro benzene ring substituents is 1. The number of benzene rings is 1. The highest BCUT2D eigenvalue weighted by atomic mass is 35.5. The van der Waals surface area contributed by atoms with Gasteiger partial charge in [0.15, 0.2) is 0 Å². The summed E-state index contributed by atoms with van der Waals surface area (Å²) in [5.74, 6) is 0.378. The molecule has 0 saturated carbocycles. The van der Waals surface area contributed by atoms with Crippen molar-refractivity contribution in [2.75, 3.05) is 23.3 Å². The molecule has 2 heterocycles. The molecule has 3 rings (SSSR count). The van der Waals surface area contributed by atoms with Crippen LogP contribution >= 0.6 is 11.6 Å². The van der Waals surface area contributed by atoms with E-state index in [1.807, 2.05) is 0 Å². The summed E-state index contributed by atoms with van der Waals surface area (Å²) < 4.78 is 0. The maximum Gasteiger partial charge on any atom is 0.293 e. The van der Waals surface area contributed by atoms with Crippen LogP contribution in [0.3, 0.4) is 0 Å². The molecule has 1 N–H and O–H groups in total. The third-order valence-corrected chi connectivity index (χ3v) is 4.25. The zero-order valence-corrected chi connectivity index (χ0v) is 14.3. The van der Waals surface area contributed by atoms with Crippen molar-refractivity contribution in [1.29, 1.82) is 0 Å². The van der Waals surface area contributed by atoms with Gasteiger partial charge in [-0.05, 0) is 30.0 Å². The van der Waals surface area contributed by atoms with Crippen molar-refractivity contribution in [2.24, 2.45) is 0 Å². The molecular weight excluding hydrogens is 346 g/mol. The van der Waals surface area contributed by atoms with Gasteiger partial charge in [0, 0.05) is 26.1 Å². The van der Waals surface area contributed by atoms with Crippen LogP contribution in [0.15, 0.2) is 24.5 Å². The Labute approximate surface area is 149 Å². The number of nitrogens with zero attached hydrogens (tertiary/aromatic N) is 4. The average Bonchev–Trinajstić information content (AvgIpc) is 2.76. The number of hydrogen-bond donors (Lipinski definition) is 1. The minimum atomic E-state index is -0.473. The predicted molar refractivity (Wildman–Crippen MR) is 94.1 cm³/mol. The lowest BCUT2D eigenvalue weighted by Crippen LogP contribution is -2.26. The fraction of sp³-hybridized carbons (Fsp3) is 0.312. The summed E-state index contributed by atoms with van der Waals surface area (Å²) in [6.07, 6.45) is 4.43. The minimum absolute atomic E-state index is 0.0892. The van der Waals surface area contributed by atoms with Gasteiger partial charge >= 0.3 is 0 Å². The Morgan fingerprint density at radius 1 is 1.24 bits per heavy atom. The largest absolute Gasteiger partial charge is 0.355 e. The predicted octanol–water partition coefficient (Wildman–Crippen LogP) is 2.60. The lowest BCUT2D eigenvalue weighted by molar-refractivity contribution is -0.384. The quantitative estimate of drug-likeness (QED) is 0.666. The van der Waals surface area contributed by atoms with Crippen LogP contribution in [0.1, 0.15) is 18.1 Å². The van der Waals surface area contributed by atoms with Gasteiger partial charge in [0.1, 0.15) is 16.7 Å². The van der Waals surface area contributed by atoms with Gasteiger partial charge < -0.3 is 10.2 Å². The fourth-order valence-corrected chi connectivity index (χ4v) is 3.00. The Kier molecular flexibility index (Phi) is 4.80. The minimum Gasteiger partial charge on any atom is -0.355 e. The first-order chi connectivity index (χ1) is 11.9. The van der Waals surface area contributed by atoms with E-state index >= 15 is 0 Å². The van der Waals surface area contributed by atoms with Crippen LogP contribution in [0, 0.1) is 10.1 Å². The van der Waals surface area contributed by atoms with Gasteiger partial charge in [-0.15, -0.1) is 0 Å². The number of nitrogens with one attached hydrogen (secondary N) is 1. The number of fused-ring (bicyclic) bond motifs is 1. The van der Waals surface area contributed by atoms with Crippen molar-refractivity contribution in [3.63, 3.8) is 0 Å². The molecule has 1 aliphatic rings. The van der Waals surface area contributed by atoms with Gasteiger partial charge in [-0.25, -0.2) is 9.97 Å². The van der Waals surface area contributed by atoms with Crippen molar-refractivity contribution in [2.45, 2.75) is 19.8 Å². The van der Waals surface area contributed by atoms with Gasteiger partial charge in [0.2, 0.25) is 5.91 Å². The van der Waals surface area contributed by atoms with E-state index in [4.69, 9.17) is 11.6 Å². The third-order valence-electron chi connectivity index (χ3n) is 4.06. The molecule has 1 aromatic heterocycles. The van der Waals surface area contributed by atoms with E-state index in [2.05, 4.69) is 20.2 Å². The molecule has 0 fully saturated rings. The van der Waals surface area contributed by atoms with E-state index in [9.17, 15) is 14.9 Å². The molecule has 1 amide bonds. The van der Waals surface area contributed by atoms with Crippen molar-refractivity contribution in [3.05, 3.63) is 50.9 Å². The summed E-state index contributed by atoms with van der Waals surface area (Å²) in [7, 11) is 0. The van der Waals surface area contributed by atoms with E-state index < -0.39 is 4.92 Å². The second kappa shape index (κ2) is 7.02. The highest BCUT2D eigenvalue weighted by molar-refractivity contribution is 6.29. The monoisotopic (exact) mass is 361 g/mol. The molecule has 0 saturated heterocycles. The standard InChI is InChI=1S/C16H16ClN5O3/c1-10(23)20-13-6-11-2-4-21(16-9-18-15(17)8-19-16)5-3-12(11)7-14(13)22(24)25/h6-9H,2-5H2,1H3,(H,20,23). The molecule has 9 heteroatoms. The molecular formula is C16H16ClN5O3. The van der Waals surface area contributed by atoms with Gasteiger partial charge in [-0.2, -0.15) is 0 Å². The van der Waals surface area contributed by atoms with Crippen molar-refractivity contribution in [1.82, 2.24) is 9.97 Å². The maximum atomic E-state index is 11.3. The maximum absolute atomic E-state index is 11.3. The molecule has 8 nitrogen and oxygen atoms in total. The molecule has 0 atom stereocenters. The van der Waals surface area contributed by atoms with Crippen molar-refractivity contribution < 1.29 is 9.72 Å². The summed E-state index contributed by atoms with van der Waals surface area (Å²) in [4.78, 5) is 32.5. The van der Waals surface area contributed by atoms with E-state index in [-0.39, 0.29) is 17.3 Å². The van der Waals surface area contributed by atoms with E-state index in [0.29, 0.717) is 36.9 Å². The number of carbonyl (C=O) groups is 1. The number of carbonyl (C=O) groups excluding carboxylic acids is 1. The van der Waals surface area contributed by atoms with Gasteiger partial charge in [0.25, 0.3) is 5.69 Å². The lowest BCUT2D eigenvalue weighted by Gasteiger charge is -2.20. The summed E-state index contributed by atoms with van der Waals surface area (Å²) >= 11 is 5.77. The third kappa shape index (κ3) is 3.85. The van der Waals surface area contributed by atoms with Crippen molar-refractivity contribution >= 4 is 34.7 Å². The Morgan fingerprint density at radius 2 is 1.92 bits per heavy atom. The van der Waals surface area contributed by atoms with Crippen LogP contribution in [-0.2, 0) is 17.6 Å². The van der Waals surface area contributed by atoms with Crippen molar-refractivity contribution in [3.8, 4) is 0 Å². The Hall–Kier alpha value is -2.74. The second-order valence-electron chi connectivity index (χ2n) is 5.76. The smallest absolute Gasteiger partial charge is 0.293 e. The topological polar surface area (TPSA) is 101 Å². The SMILES string of the molecule is CC(=O)Nc1cc2c(cc1[N+](=O)[O-])CCN(c1cnc(Cl)cn1)CC2. The summed E-state index contributed by atoms with van der Waals surface area (Å²) in [6.45, 7) is 2.69. The van der Waals surface area contributed by atoms with Gasteiger partial charge in [-0.1, -0.05) is 11.6 Å². The number of hydrogen-bond acceptors (Lipinski definition) is 6. The number of amides is 1. The van der Waals surface area contributed by atoms with E-state index in [0.717, 1.165) is 11.1 Å². The van der Waals surface area contributed by atoms with Gasteiger partial charge in [-0.3, -0.25) is 14.9 Å². The first-order valence-electron chi connectivity index (χ1n) is 7.74. The fourth-order valence-electron chi connectivity index (χ4n) is 2.90. The first kappa shape index (κ1) is 17.1. The average molecular weight is 362 g/mol. The number of anilines is 2. The molecule has 0 aliphatic carbocycles. The first-order valence-corrected chi connectivity index (χ1v) is 8.12. The molecule has 0 spiro atoms. The van der Waals surface area contributed by atoms with E-state index in [1.54, 1.807) is 18.3 Å². The molecule has 25 heavy (non-hydrogen) atoms. The number of nitro groups is 1. The normalized spacial score (nSPS) is 13.8. The number of halogens is 1. The zero-order chi connectivity index (χ0) is 18.0. The van der Waals surface area contributed by atoms with Crippen LogP contribution in [0.2, 0.25) is 5.15 Å². The van der Waals surface area contributed by atoms with E-state index in [1.165, 1.54) is 13.1 Å². The van der Waals surface area contributed by atoms with Crippen LogP contribution in [0.25, 0.3) is 0 Å². The highest BCUT2D eigenvalue weighted by Crippen LogP contribution is 2.31. The number of aromatic nitrogens is 2. The molecule has 2 aromatic rings. The molecule has 0 bridgehead atoms. The van der Waals surface area contributed by atoms with Crippen LogP contribution in [0.5, 0.6) is 0 Å². The van der Waals surface area contributed by atoms with Crippen LogP contribution < -0.4 is 10.2 Å². The Balaban J connectivity index is 1.89. The summed E-state index contributed by atoms with van der Waals surface area (Å²) in [5, 5.41) is 14.2. The molecule has 1 aliphatic heterocycles. The molecule has 0 unspecified atom stereocenters. The van der Waals surface area contributed by atoms with Gasteiger partial charge in [0.05, 0.1) is 17.3 Å². The Bertz CT molecular complexity index is 825. The molecule has 130 valence electrons. The zero-order valence-electron chi connectivity index (χ0n) is 13.5. The molecule has 0 radical (unpaired) electrons. The van der Waals surface area contributed by atoms with Crippen LogP contribution in [-0.4, -0.2) is 33.9 Å². The highest BCUT2D eigenvalue weighted by Gasteiger charge is 2.22. The molecule has 1 aromatic carbocycles. The number of rotatable bonds is 3. The van der Waals surface area contributed by atoms with Crippen LogP contribution in [0.4, 0.5) is 17.2 Å². The summed E-state index contributed by atoms with van der Waals surface area (Å²) in [5.41, 5.74) is 2.04. The Morgan fingerprint density at radius 3 is 2.48 bits per heavy atom.